The summed E-state index contributed by atoms with van der Waals surface area (Å²) < 4.78 is 27.1. The van der Waals surface area contributed by atoms with Gasteiger partial charge in [0.2, 0.25) is 0 Å². The lowest BCUT2D eigenvalue weighted by molar-refractivity contribution is 0.145. The van der Waals surface area contributed by atoms with Crippen LogP contribution in [0.4, 0.5) is 4.39 Å². The van der Waals surface area contributed by atoms with E-state index >= 15 is 0 Å². The molecule has 5 nitrogen and oxygen atoms in total. The summed E-state index contributed by atoms with van der Waals surface area (Å²) in [4.78, 5) is 2.51. The molecule has 3 heterocycles. The summed E-state index contributed by atoms with van der Waals surface area (Å²) in [5.74, 6) is 1.17. The number of nitrogens with zero attached hydrogens (tertiary/aromatic N) is 2. The number of rotatable bonds is 5. The number of aliphatic hydroxyl groups is 1. The smallest absolute Gasteiger partial charge is 0.162 e. The Labute approximate surface area is 205 Å². The molecule has 1 N–H and O–H groups in total. The molecule has 2 aliphatic rings. The number of halogens is 1. The third-order valence-electron chi connectivity index (χ3n) is 7.29. The normalized spacial score (nSPS) is 16.7. The maximum Gasteiger partial charge on any atom is 0.162 e. The van der Waals surface area contributed by atoms with E-state index in [1.807, 2.05) is 10.6 Å². The Morgan fingerprint density at radius 1 is 1.06 bits per heavy atom. The fourth-order valence-electron chi connectivity index (χ4n) is 5.59. The first-order valence-corrected chi connectivity index (χ1v) is 11.7. The molecule has 2 aliphatic heterocycles. The van der Waals surface area contributed by atoms with Gasteiger partial charge in [0.25, 0.3) is 0 Å². The highest BCUT2D eigenvalue weighted by molar-refractivity contribution is 5.86. The van der Waals surface area contributed by atoms with Gasteiger partial charge in [0.15, 0.2) is 11.5 Å². The van der Waals surface area contributed by atoms with Gasteiger partial charge in [0.1, 0.15) is 19.2 Å². The van der Waals surface area contributed by atoms with E-state index in [1.165, 1.54) is 39.9 Å². The van der Waals surface area contributed by atoms with Crippen LogP contribution in [0.3, 0.4) is 0 Å². The number of hydrogen-bond donors (Lipinski definition) is 1. The molecule has 1 atom stereocenters. The van der Waals surface area contributed by atoms with E-state index in [9.17, 15) is 9.50 Å². The molecule has 182 valence electrons. The predicted molar refractivity (Wildman–Crippen MR) is 135 cm³/mol. The van der Waals surface area contributed by atoms with Crippen molar-refractivity contribution >= 4 is 10.9 Å². The lowest BCUT2D eigenvalue weighted by Gasteiger charge is -2.41. The highest BCUT2D eigenvalue weighted by Gasteiger charge is 2.35. The van der Waals surface area contributed by atoms with Gasteiger partial charge in [-0.05, 0) is 65.4 Å². The molecule has 3 aromatic carbocycles. The Morgan fingerprint density at radius 3 is 2.63 bits per heavy atom. The van der Waals surface area contributed by atoms with Crippen molar-refractivity contribution < 1.29 is 19.0 Å². The van der Waals surface area contributed by atoms with Gasteiger partial charge in [-0.15, -0.1) is 0 Å². The first-order valence-electron chi connectivity index (χ1n) is 11.7. The molecule has 0 spiro atoms. The Bertz CT molecular complexity index is 1360. The van der Waals surface area contributed by atoms with Crippen LogP contribution >= 0.6 is 0 Å². The molecule has 0 saturated heterocycles. The van der Waals surface area contributed by atoms with E-state index in [-0.39, 0.29) is 26.0 Å². The molecule has 1 aromatic heterocycles. The van der Waals surface area contributed by atoms with Crippen molar-refractivity contribution in [2.75, 3.05) is 13.7 Å². The van der Waals surface area contributed by atoms with Crippen LogP contribution in [0.5, 0.6) is 11.5 Å². The summed E-state index contributed by atoms with van der Waals surface area (Å²) in [6.45, 7) is 2.11. The maximum absolute atomic E-state index is 13.3. The van der Waals surface area contributed by atoms with E-state index in [0.29, 0.717) is 12.4 Å². The zero-order valence-corrected chi connectivity index (χ0v) is 19.1. The summed E-state index contributed by atoms with van der Waals surface area (Å²) in [5.41, 5.74) is 7.09. The number of ether oxygens (including phenoxy) is 2. The molecule has 35 heavy (non-hydrogen) atoms. The molecule has 0 saturated carbocycles. The molecule has 0 radical (unpaired) electrons. The molecular weight excluding hydrogens is 443 g/mol. The van der Waals surface area contributed by atoms with Crippen LogP contribution in [0.25, 0.3) is 10.9 Å². The number of para-hydroxylation sites is 1. The zero-order chi connectivity index (χ0) is 23.2. The predicted octanol–water partition coefficient (Wildman–Crippen LogP) is 5.61. The van der Waals surface area contributed by atoms with Gasteiger partial charge in [0, 0.05) is 30.2 Å². The Morgan fingerprint density at radius 2 is 1.86 bits per heavy atom. The minimum Gasteiger partial charge on any atom is -0.493 e. The van der Waals surface area contributed by atoms with Gasteiger partial charge >= 0.3 is 0 Å². The van der Waals surface area contributed by atoms with Gasteiger partial charge < -0.3 is 19.1 Å². The van der Waals surface area contributed by atoms with Crippen LogP contribution < -0.4 is 9.47 Å². The summed E-state index contributed by atoms with van der Waals surface area (Å²) in [5, 5.41) is 11.3. The second-order valence-electron chi connectivity index (χ2n) is 9.07. The standard InChI is InChI=1S/C28H27FN2O3.CH4/c1-33-27-12-19-10-11-30-15-26-23(21-4-2-3-5-24(21)31(26)17-32)13-25(30)22(19)14-28(27)34-16-18-6-8-20(29)9-7-18;/h2-9,12,14,25,32H,10-11,13,15-17H2,1H3;1H4. The SMILES string of the molecule is C.COc1cc2c(cc1OCc1ccc(F)cc1)C1Cc3c(n(CO)c4ccccc34)CN1CC2. The minimum absolute atomic E-state index is 0. The van der Waals surface area contributed by atoms with Gasteiger partial charge in [-0.25, -0.2) is 4.39 Å². The zero-order valence-electron chi connectivity index (χ0n) is 19.1. The molecular formula is C29H31FN2O3. The Kier molecular flexibility index (Phi) is 6.26. The third kappa shape index (κ3) is 3.97. The minimum atomic E-state index is -0.255. The van der Waals surface area contributed by atoms with Crippen LogP contribution in [-0.2, 0) is 32.7 Å². The Hall–Kier alpha value is -3.35. The van der Waals surface area contributed by atoms with Gasteiger partial charge in [-0.1, -0.05) is 37.8 Å². The van der Waals surface area contributed by atoms with Crippen LogP contribution in [0.15, 0.2) is 60.7 Å². The van der Waals surface area contributed by atoms with Crippen molar-refractivity contribution in [2.45, 2.75) is 46.2 Å². The largest absolute Gasteiger partial charge is 0.493 e. The number of fused-ring (bicyclic) bond motifs is 6. The van der Waals surface area contributed by atoms with E-state index < -0.39 is 0 Å². The van der Waals surface area contributed by atoms with Crippen LogP contribution in [0.1, 0.15) is 41.4 Å². The van der Waals surface area contributed by atoms with Gasteiger partial charge in [0.05, 0.1) is 12.6 Å². The van der Waals surface area contributed by atoms with Crippen molar-refractivity contribution in [3.63, 3.8) is 0 Å². The quantitative estimate of drug-likeness (QED) is 0.409. The number of hydrogen-bond acceptors (Lipinski definition) is 4. The first-order chi connectivity index (χ1) is 16.7. The molecule has 0 bridgehead atoms. The number of benzene rings is 3. The molecule has 4 aromatic rings. The van der Waals surface area contributed by atoms with E-state index in [0.717, 1.165) is 42.8 Å². The fourth-order valence-corrected chi connectivity index (χ4v) is 5.59. The third-order valence-corrected chi connectivity index (χ3v) is 7.29. The van der Waals surface area contributed by atoms with E-state index in [4.69, 9.17) is 9.47 Å². The number of methoxy groups -OCH3 is 1. The summed E-state index contributed by atoms with van der Waals surface area (Å²) >= 11 is 0. The molecule has 6 heteroatoms. The summed E-state index contributed by atoms with van der Waals surface area (Å²) in [6, 6.07) is 19.2. The van der Waals surface area contributed by atoms with Crippen LogP contribution in [-0.4, -0.2) is 28.2 Å². The van der Waals surface area contributed by atoms with Crippen molar-refractivity contribution in [3.8, 4) is 11.5 Å². The number of aromatic nitrogens is 1. The summed E-state index contributed by atoms with van der Waals surface area (Å²) in [6.07, 6.45) is 1.83. The maximum atomic E-state index is 13.3. The van der Waals surface area contributed by atoms with Gasteiger partial charge in [-0.3, -0.25) is 4.90 Å². The molecule has 0 fully saturated rings. The highest BCUT2D eigenvalue weighted by atomic mass is 19.1. The molecule has 6 rings (SSSR count). The summed E-state index contributed by atoms with van der Waals surface area (Å²) in [7, 11) is 1.66. The van der Waals surface area contributed by atoms with E-state index in [1.54, 1.807) is 19.2 Å². The molecule has 0 amide bonds. The first kappa shape index (κ1) is 23.4. The average molecular weight is 475 g/mol. The van der Waals surface area contributed by atoms with Crippen molar-refractivity contribution in [1.29, 1.82) is 0 Å². The van der Waals surface area contributed by atoms with Crippen molar-refractivity contribution in [2.24, 2.45) is 0 Å². The van der Waals surface area contributed by atoms with Crippen LogP contribution in [0.2, 0.25) is 0 Å². The second kappa shape index (κ2) is 9.36. The van der Waals surface area contributed by atoms with Crippen molar-refractivity contribution in [1.82, 2.24) is 9.47 Å². The lowest BCUT2D eigenvalue weighted by atomic mass is 9.85. The molecule has 0 aliphatic carbocycles. The van der Waals surface area contributed by atoms with Crippen molar-refractivity contribution in [3.05, 3.63) is 94.4 Å². The molecule has 1 unspecified atom stereocenters. The second-order valence-corrected chi connectivity index (χ2v) is 9.07. The average Bonchev–Trinajstić information content (AvgIpc) is 3.19. The lowest BCUT2D eigenvalue weighted by Crippen LogP contribution is -2.39. The monoisotopic (exact) mass is 474 g/mol. The highest BCUT2D eigenvalue weighted by Crippen LogP contribution is 2.44. The van der Waals surface area contributed by atoms with E-state index in [2.05, 4.69) is 35.2 Å². The van der Waals surface area contributed by atoms with Gasteiger partial charge in [-0.2, -0.15) is 0 Å². The topological polar surface area (TPSA) is 46.9 Å². The van der Waals surface area contributed by atoms with Crippen LogP contribution in [0, 0.1) is 5.82 Å². The Balaban J connectivity index is 0.00000253. The number of aliphatic hydroxyl groups excluding tert-OH is 1. The fraction of sp³-hybridized carbons (Fsp3) is 0.310.